The molecular weight excluding hydrogens is 531 g/mol. The smallest absolute Gasteiger partial charge is 0.416 e. The highest BCUT2D eigenvalue weighted by Gasteiger charge is 2.41. The predicted octanol–water partition coefficient (Wildman–Crippen LogP) is 6.08. The lowest BCUT2D eigenvalue weighted by molar-refractivity contribution is -0.138. The number of anilines is 1. The number of amides is 1. The van der Waals surface area contributed by atoms with Gasteiger partial charge in [-0.1, -0.05) is 6.92 Å². The molecule has 1 amide bonds. The van der Waals surface area contributed by atoms with Crippen LogP contribution in [0.3, 0.4) is 0 Å². The molecule has 0 saturated heterocycles. The number of benzene rings is 2. The fourth-order valence-electron chi connectivity index (χ4n) is 5.66. The van der Waals surface area contributed by atoms with E-state index in [0.29, 0.717) is 36.4 Å². The van der Waals surface area contributed by atoms with Crippen molar-refractivity contribution in [2.45, 2.75) is 90.3 Å². The normalized spacial score (nSPS) is 17.6. The third-order valence-corrected chi connectivity index (χ3v) is 8.42. The maximum atomic E-state index is 14.2. The van der Waals surface area contributed by atoms with Gasteiger partial charge in [0.1, 0.15) is 5.75 Å². The Morgan fingerprint density at radius 2 is 1.93 bits per heavy atom. The molecule has 0 radical (unpaired) electrons. The molecule has 4 N–H and O–H groups in total. The fourth-order valence-corrected chi connectivity index (χ4v) is 5.66. The van der Waals surface area contributed by atoms with E-state index in [9.17, 15) is 18.0 Å². The van der Waals surface area contributed by atoms with Gasteiger partial charge in [-0.25, -0.2) is 0 Å². The minimum absolute atomic E-state index is 0.0159. The summed E-state index contributed by atoms with van der Waals surface area (Å²) >= 11 is 0. The summed E-state index contributed by atoms with van der Waals surface area (Å²) in [6, 6.07) is 8.33. The SMILES string of the molecule is CCOc1cc(C[C@@H](C)CC[C@@H](N)N(C)C=N)cc(N2Cc3c(cc(CNC4(C)CCC4)cc3C(F)(F)F)C2=O)c1. The van der Waals surface area contributed by atoms with E-state index in [2.05, 4.69) is 19.2 Å². The molecule has 2 atom stereocenters. The Morgan fingerprint density at radius 3 is 2.54 bits per heavy atom. The Bertz CT molecular complexity index is 1260. The summed E-state index contributed by atoms with van der Waals surface area (Å²) in [5.41, 5.74) is 7.36. The maximum Gasteiger partial charge on any atom is 0.416 e. The molecular formula is C31H42F3N5O2. The van der Waals surface area contributed by atoms with Crippen molar-refractivity contribution in [3.63, 3.8) is 0 Å². The molecule has 1 heterocycles. The summed E-state index contributed by atoms with van der Waals surface area (Å²) in [5.74, 6) is 0.391. The third kappa shape index (κ3) is 7.22. The molecule has 41 heavy (non-hydrogen) atoms. The lowest BCUT2D eigenvalue weighted by Gasteiger charge is -2.39. The second-order valence-corrected chi connectivity index (χ2v) is 11.8. The molecule has 1 aliphatic carbocycles. The van der Waals surface area contributed by atoms with Crippen molar-refractivity contribution in [2.24, 2.45) is 11.7 Å². The Labute approximate surface area is 240 Å². The minimum atomic E-state index is -4.57. The molecule has 2 aliphatic rings. The lowest BCUT2D eigenvalue weighted by atomic mass is 9.78. The number of alkyl halides is 3. The number of hydrogen-bond acceptors (Lipinski definition) is 5. The van der Waals surface area contributed by atoms with Gasteiger partial charge in [0.2, 0.25) is 0 Å². The van der Waals surface area contributed by atoms with Crippen LogP contribution in [0.2, 0.25) is 0 Å². The molecule has 4 rings (SSSR count). The summed E-state index contributed by atoms with van der Waals surface area (Å²) in [5, 5.41) is 10.7. The number of nitrogens with one attached hydrogen (secondary N) is 2. The number of hydrogen-bond donors (Lipinski definition) is 3. The van der Waals surface area contributed by atoms with Gasteiger partial charge in [0.15, 0.2) is 0 Å². The van der Waals surface area contributed by atoms with E-state index < -0.39 is 17.6 Å². The summed E-state index contributed by atoms with van der Waals surface area (Å²) in [7, 11) is 1.77. The van der Waals surface area contributed by atoms with Gasteiger partial charge < -0.3 is 25.6 Å². The highest BCUT2D eigenvalue weighted by Crippen LogP contribution is 2.41. The van der Waals surface area contributed by atoms with Crippen LogP contribution in [0.1, 0.15) is 85.5 Å². The number of nitrogens with zero attached hydrogens (tertiary/aromatic N) is 2. The van der Waals surface area contributed by atoms with Gasteiger partial charge in [0, 0.05) is 36.4 Å². The van der Waals surface area contributed by atoms with Gasteiger partial charge in [0.25, 0.3) is 5.91 Å². The maximum absolute atomic E-state index is 14.2. The molecule has 0 aromatic heterocycles. The first-order chi connectivity index (χ1) is 19.3. The van der Waals surface area contributed by atoms with Gasteiger partial charge in [-0.3, -0.25) is 10.2 Å². The minimum Gasteiger partial charge on any atom is -0.494 e. The molecule has 0 unspecified atom stereocenters. The first kappa shape index (κ1) is 30.8. The van der Waals surface area contributed by atoms with E-state index in [1.54, 1.807) is 24.1 Å². The van der Waals surface area contributed by atoms with Crippen LogP contribution in [0.4, 0.5) is 18.9 Å². The van der Waals surface area contributed by atoms with Crippen molar-refractivity contribution in [3.05, 3.63) is 58.1 Å². The Morgan fingerprint density at radius 1 is 1.20 bits per heavy atom. The molecule has 10 heteroatoms. The molecule has 1 saturated carbocycles. The number of carbonyl (C=O) groups is 1. The quantitative estimate of drug-likeness (QED) is 0.153. The van der Waals surface area contributed by atoms with E-state index in [4.69, 9.17) is 15.9 Å². The lowest BCUT2D eigenvalue weighted by Crippen LogP contribution is -2.47. The van der Waals surface area contributed by atoms with Crippen LogP contribution in [0.5, 0.6) is 5.75 Å². The molecule has 0 bridgehead atoms. The van der Waals surface area contributed by atoms with E-state index in [1.807, 2.05) is 19.1 Å². The zero-order chi connectivity index (χ0) is 29.9. The molecule has 0 spiro atoms. The topological polar surface area (TPSA) is 94.7 Å². The molecule has 2 aromatic rings. The summed E-state index contributed by atoms with van der Waals surface area (Å²) < 4.78 is 48.4. The number of fused-ring (bicyclic) bond motifs is 1. The largest absolute Gasteiger partial charge is 0.494 e. The predicted molar refractivity (Wildman–Crippen MR) is 155 cm³/mol. The van der Waals surface area contributed by atoms with Crippen LogP contribution in [0.15, 0.2) is 30.3 Å². The Balaban J connectivity index is 1.58. The van der Waals surface area contributed by atoms with Crippen molar-refractivity contribution in [2.75, 3.05) is 18.6 Å². The first-order valence-electron chi connectivity index (χ1n) is 14.4. The number of nitrogens with two attached hydrogens (primary N) is 1. The van der Waals surface area contributed by atoms with E-state index in [-0.39, 0.29) is 41.8 Å². The van der Waals surface area contributed by atoms with Crippen LogP contribution in [0, 0.1) is 11.3 Å². The van der Waals surface area contributed by atoms with Crippen molar-refractivity contribution in [1.29, 1.82) is 5.41 Å². The van der Waals surface area contributed by atoms with Crippen LogP contribution in [-0.2, 0) is 25.7 Å². The average Bonchev–Trinajstić information content (AvgIpc) is 3.24. The summed E-state index contributed by atoms with van der Waals surface area (Å²) in [6.07, 6.45) is 1.68. The second kappa shape index (κ2) is 12.4. The Kier molecular flexibility index (Phi) is 9.33. The van der Waals surface area contributed by atoms with Crippen molar-refractivity contribution >= 4 is 17.9 Å². The zero-order valence-corrected chi connectivity index (χ0v) is 24.4. The summed E-state index contributed by atoms with van der Waals surface area (Å²) in [6.45, 7) is 6.60. The number of carbonyl (C=O) groups excluding carboxylic acids is 1. The van der Waals surface area contributed by atoms with E-state index in [0.717, 1.165) is 31.2 Å². The molecule has 1 aliphatic heterocycles. The highest BCUT2D eigenvalue weighted by molar-refractivity contribution is 6.10. The van der Waals surface area contributed by atoms with Gasteiger partial charge in [0.05, 0.1) is 31.2 Å². The standard InChI is InChI=1S/C31H42F3N5O2/c1-5-41-24-13-21(11-20(2)7-8-28(36)38(4)19-35)12-23(16-24)39-18-26-25(29(39)40)14-22(15-27(26)31(32,33)34)17-37-30(3)9-6-10-30/h12-16,19-20,28,35,37H,5-11,17-18,36H2,1-4H3/t20-,28-/m0/s1. The van der Waals surface area contributed by atoms with Crippen LogP contribution >= 0.6 is 0 Å². The van der Waals surface area contributed by atoms with Crippen molar-refractivity contribution in [3.8, 4) is 5.75 Å². The van der Waals surface area contributed by atoms with Crippen LogP contribution < -0.4 is 20.7 Å². The molecule has 224 valence electrons. The van der Waals surface area contributed by atoms with Crippen molar-refractivity contribution in [1.82, 2.24) is 10.2 Å². The fraction of sp³-hybridized carbons (Fsp3) is 0.548. The molecule has 1 fully saturated rings. The van der Waals surface area contributed by atoms with Gasteiger partial charge in [-0.15, -0.1) is 0 Å². The van der Waals surface area contributed by atoms with Gasteiger partial charge in [-0.2, -0.15) is 13.2 Å². The van der Waals surface area contributed by atoms with Crippen LogP contribution in [-0.4, -0.2) is 42.5 Å². The van der Waals surface area contributed by atoms with Gasteiger partial charge >= 0.3 is 6.18 Å². The number of rotatable bonds is 13. The first-order valence-corrected chi connectivity index (χ1v) is 14.4. The zero-order valence-electron chi connectivity index (χ0n) is 24.4. The molecule has 2 aromatic carbocycles. The molecule has 7 nitrogen and oxygen atoms in total. The summed E-state index contributed by atoms with van der Waals surface area (Å²) in [4.78, 5) is 16.7. The Hall–Kier alpha value is -3.11. The van der Waals surface area contributed by atoms with E-state index >= 15 is 0 Å². The van der Waals surface area contributed by atoms with Gasteiger partial charge in [-0.05, 0) is 99.2 Å². The van der Waals surface area contributed by atoms with Crippen molar-refractivity contribution < 1.29 is 22.7 Å². The van der Waals surface area contributed by atoms with Crippen LogP contribution in [0.25, 0.3) is 0 Å². The third-order valence-electron chi connectivity index (χ3n) is 8.42. The average molecular weight is 574 g/mol. The number of halogens is 3. The number of ether oxygens (including phenoxy) is 1. The second-order valence-electron chi connectivity index (χ2n) is 11.8. The van der Waals surface area contributed by atoms with E-state index in [1.165, 1.54) is 17.3 Å². The highest BCUT2D eigenvalue weighted by atomic mass is 19.4. The monoisotopic (exact) mass is 573 g/mol.